The van der Waals surface area contributed by atoms with Gasteiger partial charge in [-0.1, -0.05) is 0 Å². The Balaban J connectivity index is 1.94. The van der Waals surface area contributed by atoms with Gasteiger partial charge in [-0.2, -0.15) is 0 Å². The number of nitrogens with zero attached hydrogens (tertiary/aromatic N) is 1. The summed E-state index contributed by atoms with van der Waals surface area (Å²) in [6.07, 6.45) is 1.19. The number of aromatic nitrogens is 1. The molecule has 1 aliphatic rings. The van der Waals surface area contributed by atoms with Gasteiger partial charge in [0.15, 0.2) is 5.13 Å². The second-order valence-electron chi connectivity index (χ2n) is 2.81. The first-order valence-corrected chi connectivity index (χ1v) is 5.60. The molecule has 1 unspecified atom stereocenters. The molecule has 1 aromatic heterocycles. The zero-order chi connectivity index (χ0) is 8.39. The molecule has 0 radical (unpaired) electrons. The van der Waals surface area contributed by atoms with Gasteiger partial charge >= 0.3 is 0 Å². The predicted octanol–water partition coefficient (Wildman–Crippen LogP) is 1.68. The smallest absolute Gasteiger partial charge is 0.183 e. The molecule has 1 aromatic rings. The lowest BCUT2D eigenvalue weighted by molar-refractivity contribution is 0.791. The van der Waals surface area contributed by atoms with E-state index in [1.165, 1.54) is 6.42 Å². The number of nitrogens with one attached hydrogen (secondary N) is 2. The second kappa shape index (κ2) is 3.72. The molecule has 66 valence electrons. The van der Waals surface area contributed by atoms with Crippen LogP contribution in [0.2, 0.25) is 0 Å². The van der Waals surface area contributed by atoms with Crippen molar-refractivity contribution in [1.82, 2.24) is 10.3 Å². The summed E-state index contributed by atoms with van der Waals surface area (Å²) in [5, 5.41) is 9.68. The molecule has 0 saturated carbocycles. The van der Waals surface area contributed by atoms with E-state index in [-0.39, 0.29) is 0 Å². The van der Waals surface area contributed by atoms with Gasteiger partial charge in [-0.3, -0.25) is 0 Å². The molecule has 0 aliphatic carbocycles. The highest BCUT2D eigenvalue weighted by Gasteiger charge is 2.14. The van der Waals surface area contributed by atoms with Crippen LogP contribution in [0.3, 0.4) is 0 Å². The van der Waals surface area contributed by atoms with E-state index in [1.807, 2.05) is 5.38 Å². The lowest BCUT2D eigenvalue weighted by atomic mass is 10.3. The van der Waals surface area contributed by atoms with Crippen molar-refractivity contribution in [2.75, 3.05) is 18.4 Å². The third-order valence-electron chi connectivity index (χ3n) is 1.86. The van der Waals surface area contributed by atoms with Crippen LogP contribution in [0.5, 0.6) is 0 Å². The fraction of sp³-hybridized carbons (Fsp3) is 0.571. The van der Waals surface area contributed by atoms with E-state index in [2.05, 4.69) is 31.5 Å². The van der Waals surface area contributed by atoms with Crippen molar-refractivity contribution in [3.63, 3.8) is 0 Å². The van der Waals surface area contributed by atoms with E-state index in [0.717, 1.165) is 22.8 Å². The van der Waals surface area contributed by atoms with Gasteiger partial charge in [-0.25, -0.2) is 4.98 Å². The summed E-state index contributed by atoms with van der Waals surface area (Å²) in [4.78, 5) is 4.27. The Labute approximate surface area is 83.7 Å². The molecule has 0 spiro atoms. The predicted molar refractivity (Wildman–Crippen MR) is 54.7 cm³/mol. The Morgan fingerprint density at radius 1 is 1.75 bits per heavy atom. The first-order chi connectivity index (χ1) is 5.84. The molecule has 2 heterocycles. The summed E-state index contributed by atoms with van der Waals surface area (Å²) in [5.41, 5.74) is 0. The van der Waals surface area contributed by atoms with Crippen molar-refractivity contribution < 1.29 is 0 Å². The minimum Gasteiger partial charge on any atom is -0.357 e. The van der Waals surface area contributed by atoms with Crippen LogP contribution in [-0.2, 0) is 0 Å². The number of hydrogen-bond acceptors (Lipinski definition) is 4. The maximum atomic E-state index is 4.27. The molecule has 1 saturated heterocycles. The van der Waals surface area contributed by atoms with Crippen LogP contribution in [0, 0.1) is 0 Å². The van der Waals surface area contributed by atoms with Gasteiger partial charge in [-0.05, 0) is 28.9 Å². The van der Waals surface area contributed by atoms with E-state index < -0.39 is 0 Å². The number of halogens is 1. The Kier molecular flexibility index (Phi) is 2.63. The maximum absolute atomic E-state index is 4.27. The van der Waals surface area contributed by atoms with Gasteiger partial charge in [-0.15, -0.1) is 11.3 Å². The van der Waals surface area contributed by atoms with Gasteiger partial charge in [0.2, 0.25) is 0 Å². The zero-order valence-corrected chi connectivity index (χ0v) is 8.91. The van der Waals surface area contributed by atoms with Crippen LogP contribution in [0.4, 0.5) is 5.13 Å². The van der Waals surface area contributed by atoms with Crippen LogP contribution in [0.1, 0.15) is 6.42 Å². The zero-order valence-electron chi connectivity index (χ0n) is 6.51. The second-order valence-corrected chi connectivity index (χ2v) is 4.48. The van der Waals surface area contributed by atoms with Gasteiger partial charge in [0.05, 0.1) is 0 Å². The van der Waals surface area contributed by atoms with Crippen LogP contribution in [0.15, 0.2) is 9.98 Å². The van der Waals surface area contributed by atoms with E-state index >= 15 is 0 Å². The van der Waals surface area contributed by atoms with Gasteiger partial charge in [0, 0.05) is 18.0 Å². The summed E-state index contributed by atoms with van der Waals surface area (Å²) < 4.78 is 0.918. The molecule has 12 heavy (non-hydrogen) atoms. The van der Waals surface area contributed by atoms with E-state index in [9.17, 15) is 0 Å². The third kappa shape index (κ3) is 1.97. The lowest BCUT2D eigenvalue weighted by Crippen LogP contribution is -2.21. The molecule has 0 amide bonds. The Morgan fingerprint density at radius 3 is 3.25 bits per heavy atom. The van der Waals surface area contributed by atoms with Crippen molar-refractivity contribution in [2.45, 2.75) is 12.5 Å². The topological polar surface area (TPSA) is 37.0 Å². The average Bonchev–Trinajstić information content (AvgIpc) is 2.63. The summed E-state index contributed by atoms with van der Waals surface area (Å²) >= 11 is 4.96. The first-order valence-electron chi connectivity index (χ1n) is 3.93. The molecule has 0 bridgehead atoms. The van der Waals surface area contributed by atoms with E-state index in [4.69, 9.17) is 0 Å². The molecule has 2 N–H and O–H groups in total. The molecule has 5 heteroatoms. The Bertz CT molecular complexity index is 257. The fourth-order valence-corrected chi connectivity index (χ4v) is 2.50. The normalized spacial score (nSPS) is 22.9. The lowest BCUT2D eigenvalue weighted by Gasteiger charge is -2.08. The highest BCUT2D eigenvalue weighted by molar-refractivity contribution is 9.10. The van der Waals surface area contributed by atoms with Gasteiger partial charge in [0.25, 0.3) is 0 Å². The number of hydrogen-bond donors (Lipinski definition) is 2. The number of anilines is 1. The van der Waals surface area contributed by atoms with Crippen LogP contribution >= 0.6 is 27.3 Å². The molecule has 0 aromatic carbocycles. The number of thiazole rings is 1. The number of rotatable bonds is 2. The standard InChI is InChI=1S/C7H10BrN3S/c8-6-4-12-7(11-6)10-5-1-2-9-3-5/h4-5,9H,1-3H2,(H,10,11). The monoisotopic (exact) mass is 247 g/mol. The van der Waals surface area contributed by atoms with Crippen molar-refractivity contribution in [3.05, 3.63) is 9.98 Å². The van der Waals surface area contributed by atoms with Gasteiger partial charge < -0.3 is 10.6 Å². The summed E-state index contributed by atoms with van der Waals surface area (Å²) in [7, 11) is 0. The Morgan fingerprint density at radius 2 is 2.67 bits per heavy atom. The van der Waals surface area contributed by atoms with E-state index in [1.54, 1.807) is 11.3 Å². The largest absolute Gasteiger partial charge is 0.357 e. The van der Waals surface area contributed by atoms with E-state index in [0.29, 0.717) is 6.04 Å². The fourth-order valence-electron chi connectivity index (χ4n) is 1.27. The van der Waals surface area contributed by atoms with Crippen LogP contribution in [0.25, 0.3) is 0 Å². The highest BCUT2D eigenvalue weighted by atomic mass is 79.9. The molecule has 1 fully saturated rings. The van der Waals surface area contributed by atoms with Crippen LogP contribution in [-0.4, -0.2) is 24.1 Å². The Hall–Kier alpha value is -0.130. The maximum Gasteiger partial charge on any atom is 0.183 e. The highest BCUT2D eigenvalue weighted by Crippen LogP contribution is 2.20. The summed E-state index contributed by atoms with van der Waals surface area (Å²) in [6, 6.07) is 0.558. The molecular formula is C7H10BrN3S. The molecule has 2 rings (SSSR count). The molecule has 1 aliphatic heterocycles. The molecule has 1 atom stereocenters. The van der Waals surface area contributed by atoms with Crippen molar-refractivity contribution in [1.29, 1.82) is 0 Å². The van der Waals surface area contributed by atoms with Crippen molar-refractivity contribution >= 4 is 32.4 Å². The summed E-state index contributed by atoms with van der Waals surface area (Å²) in [5.74, 6) is 0. The van der Waals surface area contributed by atoms with Crippen LogP contribution < -0.4 is 10.6 Å². The van der Waals surface area contributed by atoms with Gasteiger partial charge in [0.1, 0.15) is 4.60 Å². The SMILES string of the molecule is Brc1csc(NC2CCNC2)n1. The molecule has 3 nitrogen and oxygen atoms in total. The molecular weight excluding hydrogens is 238 g/mol. The minimum absolute atomic E-state index is 0.558. The third-order valence-corrected chi connectivity index (χ3v) is 3.35. The summed E-state index contributed by atoms with van der Waals surface area (Å²) in [6.45, 7) is 2.17. The van der Waals surface area contributed by atoms with Crippen molar-refractivity contribution in [2.24, 2.45) is 0 Å². The van der Waals surface area contributed by atoms with Crippen molar-refractivity contribution in [3.8, 4) is 0 Å². The minimum atomic E-state index is 0.558. The quantitative estimate of drug-likeness (QED) is 0.836. The first kappa shape index (κ1) is 8.47. The average molecular weight is 248 g/mol.